The fraction of sp³-hybridized carbons (Fsp3) is 0.500. The van der Waals surface area contributed by atoms with E-state index in [0.717, 1.165) is 0 Å². The Kier molecular flexibility index (Phi) is 5.83. The summed E-state index contributed by atoms with van der Waals surface area (Å²) in [5.41, 5.74) is 0. The zero-order chi connectivity index (χ0) is 7.11. The molecule has 0 saturated carbocycles. The topological polar surface area (TPSA) is 0 Å². The maximum absolute atomic E-state index is 2.94. The summed E-state index contributed by atoms with van der Waals surface area (Å²) in [6, 6.07) is 0. The number of hydrogen-bond donors (Lipinski definition) is 0. The fourth-order valence-electron chi connectivity index (χ4n) is 0.443. The van der Waals surface area contributed by atoms with Crippen LogP contribution in [0.15, 0.2) is 10.5 Å². The van der Waals surface area contributed by atoms with Gasteiger partial charge in [0.1, 0.15) is 0 Å². The van der Waals surface area contributed by atoms with E-state index < -0.39 is 0 Å². The van der Waals surface area contributed by atoms with Gasteiger partial charge in [-0.15, -0.1) is 0 Å². The van der Waals surface area contributed by atoms with Crippen molar-refractivity contribution in [2.24, 2.45) is 0 Å². The molecule has 0 rings (SSSR count). The van der Waals surface area contributed by atoms with Crippen molar-refractivity contribution in [2.75, 3.05) is 0 Å². The summed E-state index contributed by atoms with van der Waals surface area (Å²) in [5.74, 6) is 5.78. The Hall–Kier alpha value is -0.181. The van der Waals surface area contributed by atoms with Gasteiger partial charge in [0.05, 0.1) is 0 Å². The first-order chi connectivity index (χ1) is 4.31. The normalized spacial score (nSPS) is 10.3. The molecule has 0 bridgehead atoms. The van der Waals surface area contributed by atoms with Crippen molar-refractivity contribution in [3.63, 3.8) is 0 Å². The second-order valence-corrected chi connectivity index (χ2v) is 4.75. The monoisotopic (exact) mass is 188 g/mol. The van der Waals surface area contributed by atoms with E-state index in [1.807, 2.05) is 13.0 Å². The van der Waals surface area contributed by atoms with Crippen LogP contribution in [-0.4, -0.2) is 15.0 Å². The average Bonchev–Trinajstić information content (AvgIpc) is 1.85. The van der Waals surface area contributed by atoms with Crippen LogP contribution in [-0.2, 0) is 0 Å². The Morgan fingerprint density at radius 2 is 2.33 bits per heavy atom. The predicted octanol–water partition coefficient (Wildman–Crippen LogP) is 2.06. The van der Waals surface area contributed by atoms with Gasteiger partial charge in [-0.25, -0.2) is 0 Å². The van der Waals surface area contributed by atoms with E-state index in [2.05, 4.69) is 25.7 Å². The molecular weight excluding hydrogens is 175 g/mol. The number of allylic oxidation sites excluding steroid dienone is 2. The van der Waals surface area contributed by atoms with E-state index in [9.17, 15) is 0 Å². The van der Waals surface area contributed by atoms with Gasteiger partial charge in [0.25, 0.3) is 0 Å². The van der Waals surface area contributed by atoms with Crippen LogP contribution in [0.2, 0.25) is 5.32 Å². The molecule has 9 heavy (non-hydrogen) atoms. The standard InChI is InChI=1S/C8H12Se/c1-4-6-7-8(3)9-5-2/h7H,5H2,1-3H3/b8-7+. The molecule has 0 aliphatic heterocycles. The Morgan fingerprint density at radius 1 is 1.67 bits per heavy atom. The molecule has 0 aromatic rings. The summed E-state index contributed by atoms with van der Waals surface area (Å²) in [4.78, 5) is 0. The van der Waals surface area contributed by atoms with Gasteiger partial charge in [0, 0.05) is 0 Å². The SMILES string of the molecule is CC#C/C=C(\C)[Se]CC. The molecule has 0 radical (unpaired) electrons. The van der Waals surface area contributed by atoms with Crippen LogP contribution in [0.25, 0.3) is 0 Å². The predicted molar refractivity (Wildman–Crippen MR) is 43.4 cm³/mol. The van der Waals surface area contributed by atoms with Crippen LogP contribution in [0.4, 0.5) is 0 Å². The van der Waals surface area contributed by atoms with Gasteiger partial charge in [-0.1, -0.05) is 0 Å². The van der Waals surface area contributed by atoms with E-state index in [1.165, 1.54) is 9.79 Å². The molecule has 0 aromatic heterocycles. The Morgan fingerprint density at radius 3 is 2.78 bits per heavy atom. The van der Waals surface area contributed by atoms with Gasteiger partial charge in [-0.05, 0) is 0 Å². The summed E-state index contributed by atoms with van der Waals surface area (Å²) in [6.45, 7) is 6.22. The Balaban J connectivity index is 3.64. The van der Waals surface area contributed by atoms with Crippen LogP contribution in [0.5, 0.6) is 0 Å². The second kappa shape index (κ2) is 5.95. The minimum absolute atomic E-state index is 0.684. The minimum atomic E-state index is 0.684. The third kappa shape index (κ3) is 5.69. The van der Waals surface area contributed by atoms with Crippen LogP contribution in [0.1, 0.15) is 20.8 Å². The van der Waals surface area contributed by atoms with Gasteiger partial charge < -0.3 is 0 Å². The van der Waals surface area contributed by atoms with E-state index in [4.69, 9.17) is 0 Å². The third-order valence-corrected chi connectivity index (χ3v) is 2.60. The zero-order valence-corrected chi connectivity index (χ0v) is 7.91. The van der Waals surface area contributed by atoms with E-state index in [-0.39, 0.29) is 0 Å². The molecule has 0 aliphatic rings. The molecular formula is C8H12Se. The average molecular weight is 187 g/mol. The van der Waals surface area contributed by atoms with Gasteiger partial charge in [0.15, 0.2) is 0 Å². The summed E-state index contributed by atoms with van der Waals surface area (Å²) in [7, 11) is 0. The van der Waals surface area contributed by atoms with E-state index in [1.54, 1.807) is 0 Å². The van der Waals surface area contributed by atoms with Crippen molar-refractivity contribution in [3.05, 3.63) is 10.5 Å². The van der Waals surface area contributed by atoms with E-state index >= 15 is 0 Å². The maximum atomic E-state index is 2.94. The molecule has 1 heteroatoms. The van der Waals surface area contributed by atoms with Gasteiger partial charge in [0.2, 0.25) is 0 Å². The van der Waals surface area contributed by atoms with Gasteiger partial charge in [-0.2, -0.15) is 0 Å². The molecule has 0 unspecified atom stereocenters. The number of hydrogen-bond acceptors (Lipinski definition) is 0. The first-order valence-electron chi connectivity index (χ1n) is 3.03. The molecule has 0 heterocycles. The molecule has 0 amide bonds. The summed E-state index contributed by atoms with van der Waals surface area (Å²) >= 11 is 0.684. The van der Waals surface area contributed by atoms with Crippen molar-refractivity contribution in [1.29, 1.82) is 0 Å². The Bertz CT molecular complexity index is 146. The molecule has 0 fully saturated rings. The first-order valence-corrected chi connectivity index (χ1v) is 5.10. The van der Waals surface area contributed by atoms with E-state index in [0.29, 0.717) is 15.0 Å². The van der Waals surface area contributed by atoms with Crippen LogP contribution in [0, 0.1) is 11.8 Å². The van der Waals surface area contributed by atoms with Crippen LogP contribution >= 0.6 is 0 Å². The fourth-order valence-corrected chi connectivity index (χ4v) is 1.70. The molecule has 0 spiro atoms. The van der Waals surface area contributed by atoms with Gasteiger partial charge >= 0.3 is 63.4 Å². The Labute approximate surface area is 63.9 Å². The molecule has 0 N–H and O–H groups in total. The van der Waals surface area contributed by atoms with Crippen molar-refractivity contribution >= 4 is 15.0 Å². The number of rotatable bonds is 2. The summed E-state index contributed by atoms with van der Waals surface area (Å²) in [5, 5.41) is 1.28. The summed E-state index contributed by atoms with van der Waals surface area (Å²) in [6.07, 6.45) is 2.02. The van der Waals surface area contributed by atoms with Crippen molar-refractivity contribution < 1.29 is 0 Å². The third-order valence-electron chi connectivity index (χ3n) is 0.792. The quantitative estimate of drug-likeness (QED) is 0.458. The van der Waals surface area contributed by atoms with Gasteiger partial charge in [-0.3, -0.25) is 0 Å². The molecule has 0 aromatic carbocycles. The van der Waals surface area contributed by atoms with Crippen LogP contribution < -0.4 is 0 Å². The molecule has 0 atom stereocenters. The molecule has 0 aliphatic carbocycles. The van der Waals surface area contributed by atoms with Crippen molar-refractivity contribution in [1.82, 2.24) is 0 Å². The van der Waals surface area contributed by atoms with Crippen molar-refractivity contribution in [3.8, 4) is 11.8 Å². The first kappa shape index (κ1) is 8.82. The molecule has 50 valence electrons. The molecule has 0 nitrogen and oxygen atoms in total. The molecule has 0 saturated heterocycles. The second-order valence-electron chi connectivity index (χ2n) is 1.58. The zero-order valence-electron chi connectivity index (χ0n) is 6.19. The summed E-state index contributed by atoms with van der Waals surface area (Å²) < 4.78 is 1.44. The van der Waals surface area contributed by atoms with Crippen LogP contribution in [0.3, 0.4) is 0 Å². The van der Waals surface area contributed by atoms with Crippen molar-refractivity contribution in [2.45, 2.75) is 26.1 Å².